The van der Waals surface area contributed by atoms with Crippen molar-refractivity contribution in [3.8, 4) is 5.75 Å². The number of hydrogen-bond acceptors (Lipinski definition) is 3. The fourth-order valence-corrected chi connectivity index (χ4v) is 1.35. The maximum absolute atomic E-state index is 9.45. The fraction of sp³-hybridized carbons (Fsp3) is 0.400. The summed E-state index contributed by atoms with van der Waals surface area (Å²) in [6.07, 6.45) is 2.80. The molecule has 0 aliphatic carbocycles. The largest absolute Gasteiger partial charge is 0.506 e. The van der Waals surface area contributed by atoms with E-state index in [1.54, 1.807) is 18.3 Å². The van der Waals surface area contributed by atoms with Crippen LogP contribution in [0.25, 0.3) is 0 Å². The Kier molecular flexibility index (Phi) is 2.71. The molecular formula is C10H14N4O. The van der Waals surface area contributed by atoms with Crippen LogP contribution in [0, 0.1) is 0 Å². The molecule has 1 aliphatic rings. The van der Waals surface area contributed by atoms with E-state index in [4.69, 9.17) is 5.73 Å². The van der Waals surface area contributed by atoms with Crippen LogP contribution in [0.4, 0.5) is 0 Å². The van der Waals surface area contributed by atoms with Crippen molar-refractivity contribution in [3.63, 3.8) is 0 Å². The summed E-state index contributed by atoms with van der Waals surface area (Å²) < 4.78 is 0. The monoisotopic (exact) mass is 206 g/mol. The molecule has 0 atom stereocenters. The zero-order chi connectivity index (χ0) is 10.7. The van der Waals surface area contributed by atoms with Crippen molar-refractivity contribution in [3.05, 3.63) is 24.0 Å². The Morgan fingerprint density at radius 1 is 1.60 bits per heavy atom. The molecule has 0 aromatic carbocycles. The smallest absolute Gasteiger partial charge is 0.191 e. The highest BCUT2D eigenvalue weighted by atomic mass is 16.3. The van der Waals surface area contributed by atoms with Gasteiger partial charge in [0.1, 0.15) is 11.4 Å². The number of rotatable bonds is 2. The van der Waals surface area contributed by atoms with E-state index in [-0.39, 0.29) is 5.75 Å². The summed E-state index contributed by atoms with van der Waals surface area (Å²) in [6, 6.07) is 3.28. The number of aromatic hydroxyl groups is 1. The first-order valence-electron chi connectivity index (χ1n) is 4.95. The molecule has 0 saturated carbocycles. The molecule has 1 aliphatic heterocycles. The van der Waals surface area contributed by atoms with Gasteiger partial charge in [0.05, 0.1) is 6.54 Å². The van der Waals surface area contributed by atoms with Crippen molar-refractivity contribution in [1.29, 1.82) is 0 Å². The van der Waals surface area contributed by atoms with Crippen LogP contribution < -0.4 is 5.73 Å². The molecule has 5 heteroatoms. The van der Waals surface area contributed by atoms with Gasteiger partial charge in [0.25, 0.3) is 0 Å². The third kappa shape index (κ3) is 2.18. The summed E-state index contributed by atoms with van der Waals surface area (Å²) in [7, 11) is 0. The standard InChI is InChI=1S/C10H14N4O/c11-10(14-5-2-6-14)13-7-8-9(15)3-1-4-12-8/h1,3-4,15H,2,5-7H2,(H2,11,13). The van der Waals surface area contributed by atoms with Crippen LogP contribution in [0.5, 0.6) is 5.75 Å². The van der Waals surface area contributed by atoms with Crippen LogP contribution in [0.2, 0.25) is 0 Å². The average molecular weight is 206 g/mol. The summed E-state index contributed by atoms with van der Waals surface area (Å²) in [4.78, 5) is 10.2. The Bertz CT molecular complexity index is 373. The van der Waals surface area contributed by atoms with Crippen LogP contribution in [-0.2, 0) is 6.54 Å². The summed E-state index contributed by atoms with van der Waals surface area (Å²) in [5.74, 6) is 0.698. The SMILES string of the molecule is NC(=NCc1ncccc1O)N1CCC1. The number of hydrogen-bond donors (Lipinski definition) is 2. The highest BCUT2D eigenvalue weighted by Gasteiger charge is 2.15. The van der Waals surface area contributed by atoms with E-state index < -0.39 is 0 Å². The molecule has 0 radical (unpaired) electrons. The molecule has 3 N–H and O–H groups in total. The van der Waals surface area contributed by atoms with Crippen LogP contribution in [0.15, 0.2) is 23.3 Å². The Labute approximate surface area is 88.3 Å². The average Bonchev–Trinajstić information content (AvgIpc) is 2.14. The van der Waals surface area contributed by atoms with Gasteiger partial charge in [-0.3, -0.25) is 4.98 Å². The predicted molar refractivity (Wildman–Crippen MR) is 57.4 cm³/mol. The van der Waals surface area contributed by atoms with E-state index in [0.29, 0.717) is 18.2 Å². The molecule has 1 fully saturated rings. The van der Waals surface area contributed by atoms with Crippen molar-refractivity contribution in [2.45, 2.75) is 13.0 Å². The van der Waals surface area contributed by atoms with Gasteiger partial charge in [-0.15, -0.1) is 0 Å². The minimum atomic E-state index is 0.164. The van der Waals surface area contributed by atoms with Gasteiger partial charge in [-0.05, 0) is 18.6 Å². The number of likely N-dealkylation sites (tertiary alicyclic amines) is 1. The van der Waals surface area contributed by atoms with Gasteiger partial charge in [-0.1, -0.05) is 0 Å². The number of aliphatic imine (C=N–C) groups is 1. The Hall–Kier alpha value is -1.78. The van der Waals surface area contributed by atoms with Crippen molar-refractivity contribution < 1.29 is 5.11 Å². The van der Waals surface area contributed by atoms with Gasteiger partial charge in [-0.2, -0.15) is 0 Å². The van der Waals surface area contributed by atoms with E-state index in [1.807, 2.05) is 4.90 Å². The third-order valence-corrected chi connectivity index (χ3v) is 2.44. The number of aromatic nitrogens is 1. The van der Waals surface area contributed by atoms with Crippen LogP contribution in [0.1, 0.15) is 12.1 Å². The van der Waals surface area contributed by atoms with Gasteiger partial charge in [0, 0.05) is 19.3 Å². The summed E-state index contributed by atoms with van der Waals surface area (Å²) in [5, 5.41) is 9.45. The van der Waals surface area contributed by atoms with E-state index in [9.17, 15) is 5.11 Å². The lowest BCUT2D eigenvalue weighted by Gasteiger charge is -2.31. The molecule has 0 bridgehead atoms. The first-order chi connectivity index (χ1) is 7.27. The fourth-order valence-electron chi connectivity index (χ4n) is 1.35. The maximum atomic E-state index is 9.45. The van der Waals surface area contributed by atoms with Gasteiger partial charge in [-0.25, -0.2) is 4.99 Å². The molecule has 0 amide bonds. The van der Waals surface area contributed by atoms with Crippen LogP contribution >= 0.6 is 0 Å². The second-order valence-corrected chi connectivity index (χ2v) is 3.48. The molecule has 80 valence electrons. The zero-order valence-corrected chi connectivity index (χ0v) is 8.43. The van der Waals surface area contributed by atoms with Crippen LogP contribution in [0.3, 0.4) is 0 Å². The van der Waals surface area contributed by atoms with Gasteiger partial charge >= 0.3 is 0 Å². The van der Waals surface area contributed by atoms with Gasteiger partial charge in [0.2, 0.25) is 0 Å². The van der Waals surface area contributed by atoms with E-state index in [2.05, 4.69) is 9.98 Å². The summed E-state index contributed by atoms with van der Waals surface area (Å²) in [6.45, 7) is 2.28. The lowest BCUT2D eigenvalue weighted by atomic mass is 10.2. The minimum Gasteiger partial charge on any atom is -0.506 e. The van der Waals surface area contributed by atoms with Crippen LogP contribution in [-0.4, -0.2) is 34.0 Å². The zero-order valence-electron chi connectivity index (χ0n) is 8.43. The van der Waals surface area contributed by atoms with Crippen molar-refractivity contribution in [2.75, 3.05) is 13.1 Å². The maximum Gasteiger partial charge on any atom is 0.191 e. The van der Waals surface area contributed by atoms with Crippen molar-refractivity contribution >= 4 is 5.96 Å². The molecule has 1 aromatic rings. The quantitative estimate of drug-likeness (QED) is 0.539. The number of pyridine rings is 1. The Balaban J connectivity index is 2.00. The highest BCUT2D eigenvalue weighted by molar-refractivity contribution is 5.78. The Morgan fingerprint density at radius 2 is 2.40 bits per heavy atom. The van der Waals surface area contributed by atoms with E-state index in [1.165, 1.54) is 6.42 Å². The number of nitrogens with two attached hydrogens (primary N) is 1. The van der Waals surface area contributed by atoms with E-state index in [0.717, 1.165) is 13.1 Å². The molecular weight excluding hydrogens is 192 g/mol. The number of nitrogens with zero attached hydrogens (tertiary/aromatic N) is 3. The van der Waals surface area contributed by atoms with Gasteiger partial charge in [0.15, 0.2) is 5.96 Å². The normalized spacial score (nSPS) is 16.3. The molecule has 0 spiro atoms. The molecule has 1 aromatic heterocycles. The van der Waals surface area contributed by atoms with E-state index >= 15 is 0 Å². The second kappa shape index (κ2) is 4.16. The summed E-state index contributed by atoms with van der Waals surface area (Å²) in [5.41, 5.74) is 6.30. The molecule has 2 heterocycles. The summed E-state index contributed by atoms with van der Waals surface area (Å²) >= 11 is 0. The third-order valence-electron chi connectivity index (χ3n) is 2.44. The van der Waals surface area contributed by atoms with Gasteiger partial charge < -0.3 is 15.7 Å². The molecule has 15 heavy (non-hydrogen) atoms. The molecule has 2 rings (SSSR count). The predicted octanol–water partition coefficient (Wildman–Crippen LogP) is 0.308. The van der Waals surface area contributed by atoms with Crippen molar-refractivity contribution in [2.24, 2.45) is 10.7 Å². The number of guanidine groups is 1. The highest BCUT2D eigenvalue weighted by Crippen LogP contribution is 2.13. The minimum absolute atomic E-state index is 0.164. The van der Waals surface area contributed by atoms with Crippen molar-refractivity contribution in [1.82, 2.24) is 9.88 Å². The lowest BCUT2D eigenvalue weighted by Crippen LogP contribution is -2.46. The molecule has 1 saturated heterocycles. The first-order valence-corrected chi connectivity index (χ1v) is 4.95. The second-order valence-electron chi connectivity index (χ2n) is 3.48. The lowest BCUT2D eigenvalue weighted by molar-refractivity contribution is 0.295. The first kappa shape index (κ1) is 9.76. The molecule has 5 nitrogen and oxygen atoms in total. The Morgan fingerprint density at radius 3 is 3.00 bits per heavy atom. The molecule has 0 unspecified atom stereocenters. The topological polar surface area (TPSA) is 74.7 Å².